The lowest BCUT2D eigenvalue weighted by Crippen LogP contribution is -2.43. The molecule has 1 aromatic heterocycles. The van der Waals surface area contributed by atoms with E-state index in [2.05, 4.69) is 51.9 Å². The van der Waals surface area contributed by atoms with E-state index in [1.807, 2.05) is 13.8 Å². The molecule has 6 nitrogen and oxygen atoms in total. The van der Waals surface area contributed by atoms with Gasteiger partial charge in [0.15, 0.2) is 0 Å². The molecule has 124 valence electrons. The van der Waals surface area contributed by atoms with Crippen LogP contribution < -0.4 is 10.6 Å². The number of rotatable bonds is 7. The highest BCUT2D eigenvalue weighted by Crippen LogP contribution is 2.20. The molecule has 1 aromatic carbocycles. The maximum Gasteiger partial charge on any atom is 0.315 e. The molecule has 2 aromatic rings. The van der Waals surface area contributed by atoms with Gasteiger partial charge in [0.25, 0.3) is 0 Å². The number of thioether (sulfide) groups is 1. The summed E-state index contributed by atoms with van der Waals surface area (Å²) in [7, 11) is 0. The van der Waals surface area contributed by atoms with Gasteiger partial charge in [-0.05, 0) is 37.3 Å². The first kappa shape index (κ1) is 17.3. The number of hydrogen-bond acceptors (Lipinski definition) is 4. The van der Waals surface area contributed by atoms with Crippen molar-refractivity contribution in [3.63, 3.8) is 0 Å². The van der Waals surface area contributed by atoms with Crippen molar-refractivity contribution in [2.24, 2.45) is 0 Å². The number of aromatic nitrogens is 3. The van der Waals surface area contributed by atoms with Crippen LogP contribution in [-0.4, -0.2) is 32.6 Å². The lowest BCUT2D eigenvalue weighted by atomic mass is 10.1. The number of nitrogens with zero attached hydrogens (tertiary/aromatic N) is 3. The van der Waals surface area contributed by atoms with E-state index in [0.29, 0.717) is 6.54 Å². The predicted octanol–water partition coefficient (Wildman–Crippen LogP) is 2.84. The van der Waals surface area contributed by atoms with E-state index in [9.17, 15) is 4.79 Å². The van der Waals surface area contributed by atoms with Gasteiger partial charge in [-0.1, -0.05) is 19.1 Å². The Kier molecular flexibility index (Phi) is 6.46. The molecule has 2 N–H and O–H groups in total. The number of nitrogens with one attached hydrogen (secondary N) is 2. The molecular weight excluding hydrogens is 310 g/mol. The van der Waals surface area contributed by atoms with Crippen molar-refractivity contribution in [2.45, 2.75) is 44.3 Å². The van der Waals surface area contributed by atoms with Gasteiger partial charge in [-0.3, -0.25) is 4.68 Å². The van der Waals surface area contributed by atoms with Crippen LogP contribution in [0.3, 0.4) is 0 Å². The maximum absolute atomic E-state index is 12.1. The molecule has 0 bridgehead atoms. The second kappa shape index (κ2) is 8.57. The minimum Gasteiger partial charge on any atom is -0.334 e. The van der Waals surface area contributed by atoms with E-state index in [1.165, 1.54) is 11.2 Å². The molecule has 0 fully saturated rings. The Morgan fingerprint density at radius 1 is 1.26 bits per heavy atom. The Balaban J connectivity index is 1.81. The number of carbonyl (C=O) groups excluding carboxylic acids is 1. The van der Waals surface area contributed by atoms with Crippen LogP contribution in [0.2, 0.25) is 0 Å². The molecule has 0 aliphatic rings. The van der Waals surface area contributed by atoms with Crippen LogP contribution in [0.5, 0.6) is 0 Å². The number of amides is 2. The Bertz CT molecular complexity index is 599. The van der Waals surface area contributed by atoms with Crippen LogP contribution in [0.4, 0.5) is 4.79 Å². The van der Waals surface area contributed by atoms with Crippen LogP contribution in [-0.2, 0) is 6.54 Å². The van der Waals surface area contributed by atoms with Gasteiger partial charge < -0.3 is 10.6 Å². The number of hydrogen-bond donors (Lipinski definition) is 2. The zero-order valence-corrected chi connectivity index (χ0v) is 14.5. The normalized spacial score (nSPS) is 13.3. The first-order chi connectivity index (χ1) is 11.1. The fourth-order valence-corrected chi connectivity index (χ4v) is 2.88. The van der Waals surface area contributed by atoms with Crippen LogP contribution in [0.25, 0.3) is 0 Å². The predicted molar refractivity (Wildman–Crippen MR) is 92.4 cm³/mol. The standard InChI is InChI=1S/C16H23N5OS/c1-4-23-15-7-5-14(6-8-15)13(3)20-16(22)19-12(2)9-21-11-17-10-18-21/h5-8,10-13H,4,9H2,1-3H3,(H2,19,20,22)/t12-,13+/m1/s1. The average molecular weight is 333 g/mol. The summed E-state index contributed by atoms with van der Waals surface area (Å²) in [6, 6.07) is 8.03. The third-order valence-corrected chi connectivity index (χ3v) is 4.24. The molecule has 2 rings (SSSR count). The van der Waals surface area contributed by atoms with Crippen molar-refractivity contribution >= 4 is 17.8 Å². The van der Waals surface area contributed by atoms with Gasteiger partial charge in [0.05, 0.1) is 12.6 Å². The van der Waals surface area contributed by atoms with Crippen LogP contribution in [0.1, 0.15) is 32.4 Å². The van der Waals surface area contributed by atoms with Crippen molar-refractivity contribution in [3.05, 3.63) is 42.5 Å². The van der Waals surface area contributed by atoms with Gasteiger partial charge in [-0.15, -0.1) is 11.8 Å². The van der Waals surface area contributed by atoms with Crippen LogP contribution in [0, 0.1) is 0 Å². The smallest absolute Gasteiger partial charge is 0.315 e. The van der Waals surface area contributed by atoms with E-state index in [4.69, 9.17) is 0 Å². The van der Waals surface area contributed by atoms with E-state index in [0.717, 1.165) is 11.3 Å². The van der Waals surface area contributed by atoms with Gasteiger partial charge >= 0.3 is 6.03 Å². The Labute approximate surface area is 141 Å². The monoisotopic (exact) mass is 333 g/mol. The number of urea groups is 1. The third-order valence-electron chi connectivity index (χ3n) is 3.34. The topological polar surface area (TPSA) is 71.8 Å². The van der Waals surface area contributed by atoms with Crippen molar-refractivity contribution in [2.75, 3.05) is 5.75 Å². The second-order valence-corrected chi connectivity index (χ2v) is 6.70. The van der Waals surface area contributed by atoms with E-state index in [-0.39, 0.29) is 18.1 Å². The summed E-state index contributed by atoms with van der Waals surface area (Å²) in [5, 5.41) is 9.89. The van der Waals surface area contributed by atoms with Crippen molar-refractivity contribution < 1.29 is 4.79 Å². The van der Waals surface area contributed by atoms with E-state index >= 15 is 0 Å². The summed E-state index contributed by atoms with van der Waals surface area (Å²) in [4.78, 5) is 17.2. The summed E-state index contributed by atoms with van der Waals surface area (Å²) in [5.41, 5.74) is 1.09. The minimum atomic E-state index is -0.183. The summed E-state index contributed by atoms with van der Waals surface area (Å²) < 4.78 is 1.69. The molecule has 23 heavy (non-hydrogen) atoms. The highest BCUT2D eigenvalue weighted by atomic mass is 32.2. The van der Waals surface area contributed by atoms with Gasteiger partial charge in [-0.25, -0.2) is 9.78 Å². The molecule has 0 saturated heterocycles. The zero-order chi connectivity index (χ0) is 16.7. The number of benzene rings is 1. The first-order valence-corrected chi connectivity index (χ1v) is 8.69. The molecule has 0 spiro atoms. The number of carbonyl (C=O) groups is 1. The molecule has 2 atom stereocenters. The van der Waals surface area contributed by atoms with Crippen molar-refractivity contribution in [3.8, 4) is 0 Å². The Morgan fingerprint density at radius 3 is 2.61 bits per heavy atom. The lowest BCUT2D eigenvalue weighted by Gasteiger charge is -2.18. The van der Waals surface area contributed by atoms with Gasteiger partial charge in [0.1, 0.15) is 12.7 Å². The Morgan fingerprint density at radius 2 is 2.00 bits per heavy atom. The molecule has 2 amide bonds. The minimum absolute atomic E-state index is 0.0350. The second-order valence-electron chi connectivity index (χ2n) is 5.36. The Hall–Kier alpha value is -2.02. The van der Waals surface area contributed by atoms with Crippen molar-refractivity contribution in [1.82, 2.24) is 25.4 Å². The van der Waals surface area contributed by atoms with Gasteiger partial charge in [-0.2, -0.15) is 5.10 Å². The summed E-state index contributed by atoms with van der Waals surface area (Å²) in [6.45, 7) is 6.63. The first-order valence-electron chi connectivity index (χ1n) is 7.70. The summed E-state index contributed by atoms with van der Waals surface area (Å²) >= 11 is 1.81. The lowest BCUT2D eigenvalue weighted by molar-refractivity contribution is 0.233. The van der Waals surface area contributed by atoms with Gasteiger partial charge in [0.2, 0.25) is 0 Å². The largest absolute Gasteiger partial charge is 0.334 e. The van der Waals surface area contributed by atoms with Crippen molar-refractivity contribution in [1.29, 1.82) is 0 Å². The summed E-state index contributed by atoms with van der Waals surface area (Å²) in [5.74, 6) is 1.05. The quantitative estimate of drug-likeness (QED) is 0.764. The molecule has 7 heteroatoms. The maximum atomic E-state index is 12.1. The van der Waals surface area contributed by atoms with Crippen LogP contribution >= 0.6 is 11.8 Å². The van der Waals surface area contributed by atoms with Gasteiger partial charge in [0, 0.05) is 10.9 Å². The molecule has 0 saturated carbocycles. The molecular formula is C16H23N5OS. The molecule has 1 heterocycles. The molecule has 0 aliphatic heterocycles. The zero-order valence-electron chi connectivity index (χ0n) is 13.7. The average Bonchev–Trinajstić information content (AvgIpc) is 3.00. The highest BCUT2D eigenvalue weighted by molar-refractivity contribution is 7.99. The highest BCUT2D eigenvalue weighted by Gasteiger charge is 2.12. The molecule has 0 unspecified atom stereocenters. The molecule has 0 radical (unpaired) electrons. The fourth-order valence-electron chi connectivity index (χ4n) is 2.22. The van der Waals surface area contributed by atoms with E-state index < -0.39 is 0 Å². The molecule has 0 aliphatic carbocycles. The SMILES string of the molecule is CCSc1ccc([C@H](C)NC(=O)N[C@H](C)Cn2cncn2)cc1. The summed E-state index contributed by atoms with van der Waals surface area (Å²) in [6.07, 6.45) is 3.12. The van der Waals surface area contributed by atoms with Crippen LogP contribution in [0.15, 0.2) is 41.8 Å². The van der Waals surface area contributed by atoms with E-state index in [1.54, 1.807) is 22.8 Å². The third kappa shape index (κ3) is 5.59. The fraction of sp³-hybridized carbons (Fsp3) is 0.438.